The Hall–Kier alpha value is -2.24. The standard InChI is InChI=1S/C18H28N2O4/c1-5-6-7-8-9-10-17(21)20-19-13-14-11-15(22-2)18(24-4)16(12-14)23-3/h11-13H,5-10H2,1-4H3,(H,20,21)/b19-13-. The van der Waals surface area contributed by atoms with Crippen molar-refractivity contribution in [3.05, 3.63) is 17.7 Å². The maximum atomic E-state index is 11.7. The molecule has 1 aromatic carbocycles. The van der Waals surface area contributed by atoms with Crippen LogP contribution in [0.5, 0.6) is 17.2 Å². The lowest BCUT2D eigenvalue weighted by atomic mass is 10.1. The van der Waals surface area contributed by atoms with Crippen molar-refractivity contribution >= 4 is 12.1 Å². The van der Waals surface area contributed by atoms with Gasteiger partial charge in [-0.15, -0.1) is 0 Å². The molecule has 0 saturated heterocycles. The molecular formula is C18H28N2O4. The minimum atomic E-state index is -0.0739. The number of amides is 1. The highest BCUT2D eigenvalue weighted by atomic mass is 16.5. The fourth-order valence-electron chi connectivity index (χ4n) is 2.30. The fraction of sp³-hybridized carbons (Fsp3) is 0.556. The molecule has 0 radical (unpaired) electrons. The molecule has 0 bridgehead atoms. The third-order valence-corrected chi connectivity index (χ3v) is 3.60. The predicted octanol–water partition coefficient (Wildman–Crippen LogP) is 3.52. The van der Waals surface area contributed by atoms with Crippen molar-refractivity contribution in [1.29, 1.82) is 0 Å². The first-order valence-corrected chi connectivity index (χ1v) is 8.28. The second-order valence-corrected chi connectivity index (χ2v) is 5.42. The van der Waals surface area contributed by atoms with E-state index in [1.807, 2.05) is 0 Å². The summed E-state index contributed by atoms with van der Waals surface area (Å²) >= 11 is 0. The van der Waals surface area contributed by atoms with Gasteiger partial charge in [-0.05, 0) is 18.6 Å². The van der Waals surface area contributed by atoms with Gasteiger partial charge < -0.3 is 14.2 Å². The second kappa shape index (κ2) is 11.3. The fourth-order valence-corrected chi connectivity index (χ4v) is 2.30. The lowest BCUT2D eigenvalue weighted by molar-refractivity contribution is -0.121. The summed E-state index contributed by atoms with van der Waals surface area (Å²) in [5.74, 6) is 1.53. The maximum absolute atomic E-state index is 11.7. The molecule has 0 heterocycles. The summed E-state index contributed by atoms with van der Waals surface area (Å²) in [6.07, 6.45) is 7.63. The molecule has 0 aromatic heterocycles. The SMILES string of the molecule is CCCCCCCC(=O)N/N=C\c1cc(OC)c(OC)c(OC)c1. The monoisotopic (exact) mass is 336 g/mol. The van der Waals surface area contributed by atoms with Crippen LogP contribution in [0.15, 0.2) is 17.2 Å². The van der Waals surface area contributed by atoms with Crippen LogP contribution in [-0.2, 0) is 4.79 Å². The van der Waals surface area contributed by atoms with Gasteiger partial charge in [-0.1, -0.05) is 32.6 Å². The van der Waals surface area contributed by atoms with Crippen LogP contribution in [0.25, 0.3) is 0 Å². The Morgan fingerprint density at radius 1 is 1.04 bits per heavy atom. The Morgan fingerprint density at radius 2 is 1.67 bits per heavy atom. The minimum absolute atomic E-state index is 0.0739. The molecule has 1 aromatic rings. The number of carbonyl (C=O) groups excluding carboxylic acids is 1. The Kier molecular flexibility index (Phi) is 9.34. The van der Waals surface area contributed by atoms with Crippen molar-refractivity contribution in [3.63, 3.8) is 0 Å². The number of nitrogens with zero attached hydrogens (tertiary/aromatic N) is 1. The highest BCUT2D eigenvalue weighted by Gasteiger charge is 2.12. The molecule has 0 atom stereocenters. The van der Waals surface area contributed by atoms with Crippen molar-refractivity contribution < 1.29 is 19.0 Å². The van der Waals surface area contributed by atoms with Gasteiger partial charge in [0.05, 0.1) is 27.5 Å². The van der Waals surface area contributed by atoms with Crippen molar-refractivity contribution in [2.45, 2.75) is 45.4 Å². The van der Waals surface area contributed by atoms with E-state index in [1.165, 1.54) is 19.3 Å². The third kappa shape index (κ3) is 6.48. The normalized spacial score (nSPS) is 10.7. The lowest BCUT2D eigenvalue weighted by Crippen LogP contribution is -2.16. The number of nitrogens with one attached hydrogen (secondary N) is 1. The zero-order chi connectivity index (χ0) is 17.8. The van der Waals surface area contributed by atoms with Crippen molar-refractivity contribution in [2.24, 2.45) is 5.10 Å². The minimum Gasteiger partial charge on any atom is -0.493 e. The van der Waals surface area contributed by atoms with Gasteiger partial charge in [0.1, 0.15) is 0 Å². The summed E-state index contributed by atoms with van der Waals surface area (Å²) in [6, 6.07) is 3.53. The number of hydrogen-bond donors (Lipinski definition) is 1. The summed E-state index contributed by atoms with van der Waals surface area (Å²) in [4.78, 5) is 11.7. The van der Waals surface area contributed by atoms with Crippen LogP contribution in [-0.4, -0.2) is 33.5 Å². The van der Waals surface area contributed by atoms with E-state index in [9.17, 15) is 4.79 Å². The number of rotatable bonds is 11. The number of carbonyl (C=O) groups is 1. The molecular weight excluding hydrogens is 308 g/mol. The first kappa shape index (κ1) is 19.8. The number of hydrazone groups is 1. The smallest absolute Gasteiger partial charge is 0.240 e. The van der Waals surface area contributed by atoms with Gasteiger partial charge in [-0.25, -0.2) is 5.43 Å². The molecule has 0 aliphatic heterocycles. The molecule has 1 amide bonds. The van der Waals surface area contributed by atoms with Crippen LogP contribution in [0.3, 0.4) is 0 Å². The van der Waals surface area contributed by atoms with Crippen LogP contribution >= 0.6 is 0 Å². The van der Waals surface area contributed by atoms with Gasteiger partial charge in [0, 0.05) is 12.0 Å². The topological polar surface area (TPSA) is 69.2 Å². The van der Waals surface area contributed by atoms with E-state index in [-0.39, 0.29) is 5.91 Å². The van der Waals surface area contributed by atoms with E-state index in [0.717, 1.165) is 18.4 Å². The van der Waals surface area contributed by atoms with E-state index in [4.69, 9.17) is 14.2 Å². The van der Waals surface area contributed by atoms with Crippen LogP contribution in [0, 0.1) is 0 Å². The van der Waals surface area contributed by atoms with Crippen LogP contribution in [0.4, 0.5) is 0 Å². The molecule has 0 saturated carbocycles. The summed E-state index contributed by atoms with van der Waals surface area (Å²) < 4.78 is 15.8. The van der Waals surface area contributed by atoms with Gasteiger partial charge in [0.25, 0.3) is 0 Å². The molecule has 0 aliphatic carbocycles. The molecule has 1 rings (SSSR count). The Balaban J connectivity index is 2.56. The third-order valence-electron chi connectivity index (χ3n) is 3.60. The first-order chi connectivity index (χ1) is 11.7. The summed E-state index contributed by atoms with van der Waals surface area (Å²) in [6.45, 7) is 2.17. The first-order valence-electron chi connectivity index (χ1n) is 8.28. The highest BCUT2D eigenvalue weighted by molar-refractivity contribution is 5.84. The van der Waals surface area contributed by atoms with Gasteiger partial charge in [0.2, 0.25) is 11.7 Å². The second-order valence-electron chi connectivity index (χ2n) is 5.42. The number of methoxy groups -OCH3 is 3. The molecule has 6 nitrogen and oxygen atoms in total. The van der Waals surface area contributed by atoms with E-state index >= 15 is 0 Å². The molecule has 24 heavy (non-hydrogen) atoms. The Morgan fingerprint density at radius 3 is 2.21 bits per heavy atom. The molecule has 134 valence electrons. The quantitative estimate of drug-likeness (QED) is 0.381. The number of benzene rings is 1. The zero-order valence-electron chi connectivity index (χ0n) is 15.1. The number of unbranched alkanes of at least 4 members (excludes halogenated alkanes) is 4. The number of hydrogen-bond acceptors (Lipinski definition) is 5. The maximum Gasteiger partial charge on any atom is 0.240 e. The largest absolute Gasteiger partial charge is 0.493 e. The van der Waals surface area contributed by atoms with Gasteiger partial charge in [-0.3, -0.25) is 4.79 Å². The molecule has 6 heteroatoms. The lowest BCUT2D eigenvalue weighted by Gasteiger charge is -2.12. The molecule has 0 aliphatic rings. The molecule has 0 spiro atoms. The molecule has 0 fully saturated rings. The Labute approximate surface area is 144 Å². The molecule has 1 N–H and O–H groups in total. The molecule has 0 unspecified atom stereocenters. The van der Waals surface area contributed by atoms with E-state index in [1.54, 1.807) is 39.7 Å². The van der Waals surface area contributed by atoms with Crippen molar-refractivity contribution in [2.75, 3.05) is 21.3 Å². The average molecular weight is 336 g/mol. The summed E-state index contributed by atoms with van der Waals surface area (Å²) in [7, 11) is 4.66. The van der Waals surface area contributed by atoms with E-state index in [0.29, 0.717) is 23.7 Å². The average Bonchev–Trinajstić information content (AvgIpc) is 2.60. The highest BCUT2D eigenvalue weighted by Crippen LogP contribution is 2.37. The predicted molar refractivity (Wildman–Crippen MR) is 95.2 cm³/mol. The Bertz CT molecular complexity index is 519. The van der Waals surface area contributed by atoms with E-state index in [2.05, 4.69) is 17.5 Å². The van der Waals surface area contributed by atoms with Crippen molar-refractivity contribution in [1.82, 2.24) is 5.43 Å². The van der Waals surface area contributed by atoms with E-state index < -0.39 is 0 Å². The van der Waals surface area contributed by atoms with Crippen LogP contribution < -0.4 is 19.6 Å². The van der Waals surface area contributed by atoms with Gasteiger partial charge in [0.15, 0.2) is 11.5 Å². The zero-order valence-corrected chi connectivity index (χ0v) is 15.1. The summed E-state index contributed by atoms with van der Waals surface area (Å²) in [5.41, 5.74) is 3.29. The number of ether oxygens (including phenoxy) is 3. The van der Waals surface area contributed by atoms with Crippen LogP contribution in [0.1, 0.15) is 51.0 Å². The van der Waals surface area contributed by atoms with Gasteiger partial charge in [-0.2, -0.15) is 5.10 Å². The van der Waals surface area contributed by atoms with Crippen LogP contribution in [0.2, 0.25) is 0 Å². The van der Waals surface area contributed by atoms with Crippen molar-refractivity contribution in [3.8, 4) is 17.2 Å². The summed E-state index contributed by atoms with van der Waals surface area (Å²) in [5, 5.41) is 3.99. The van der Waals surface area contributed by atoms with Gasteiger partial charge >= 0.3 is 0 Å².